The third-order valence-corrected chi connectivity index (χ3v) is 3.80. The first-order valence-corrected chi connectivity index (χ1v) is 7.54. The van der Waals surface area contributed by atoms with Gasteiger partial charge in [-0.1, -0.05) is 50.6 Å². The summed E-state index contributed by atoms with van der Waals surface area (Å²) in [5.41, 5.74) is 1.09. The Morgan fingerprint density at radius 1 is 1.26 bits per heavy atom. The van der Waals surface area contributed by atoms with E-state index < -0.39 is 0 Å². The number of carbonyl (C=O) groups excluding carboxylic acids is 1. The second-order valence-electron chi connectivity index (χ2n) is 5.16. The molecule has 0 aliphatic heterocycles. The molecule has 0 aliphatic rings. The van der Waals surface area contributed by atoms with Crippen LogP contribution in [0.5, 0.6) is 0 Å². The molecule has 1 N–H and O–H groups in total. The second kappa shape index (κ2) is 8.21. The van der Waals surface area contributed by atoms with Crippen LogP contribution in [0, 0.1) is 5.92 Å². The lowest BCUT2D eigenvalue weighted by Gasteiger charge is -2.24. The molecule has 0 saturated carbocycles. The molecule has 19 heavy (non-hydrogen) atoms. The van der Waals surface area contributed by atoms with E-state index in [2.05, 4.69) is 19.2 Å². The highest BCUT2D eigenvalue weighted by Crippen LogP contribution is 2.27. The Balaban J connectivity index is 2.83. The van der Waals surface area contributed by atoms with Crippen LogP contribution < -0.4 is 5.32 Å². The molecule has 3 heteroatoms. The number of alkyl halides is 1. The Labute approximate surface area is 121 Å². The standard InChI is InChI=1S/C16H24ClNO/c1-4-12(2)15(14-8-6-5-7-9-14)16(19)18-13(3)10-11-17/h5-9,12-13,15H,4,10-11H2,1-3H3,(H,18,19). The Bertz CT molecular complexity index is 380. The monoisotopic (exact) mass is 281 g/mol. The molecule has 0 aromatic heterocycles. The van der Waals surface area contributed by atoms with E-state index in [1.807, 2.05) is 37.3 Å². The van der Waals surface area contributed by atoms with Gasteiger partial charge >= 0.3 is 0 Å². The third-order valence-electron chi connectivity index (χ3n) is 3.58. The number of hydrogen-bond donors (Lipinski definition) is 1. The average Bonchev–Trinajstić information content (AvgIpc) is 2.40. The van der Waals surface area contributed by atoms with Gasteiger partial charge in [0.05, 0.1) is 5.92 Å². The summed E-state index contributed by atoms with van der Waals surface area (Å²) >= 11 is 5.71. The molecule has 106 valence electrons. The van der Waals surface area contributed by atoms with E-state index in [1.165, 1.54) is 0 Å². The molecule has 0 heterocycles. The first-order valence-electron chi connectivity index (χ1n) is 7.01. The third kappa shape index (κ3) is 4.87. The van der Waals surface area contributed by atoms with Crippen molar-refractivity contribution in [3.05, 3.63) is 35.9 Å². The summed E-state index contributed by atoms with van der Waals surface area (Å²) in [4.78, 5) is 12.5. The molecule has 1 aromatic carbocycles. The molecule has 1 amide bonds. The Morgan fingerprint density at radius 3 is 2.42 bits per heavy atom. The number of benzene rings is 1. The van der Waals surface area contributed by atoms with Crippen LogP contribution in [0.4, 0.5) is 0 Å². The lowest BCUT2D eigenvalue weighted by molar-refractivity contribution is -0.124. The van der Waals surface area contributed by atoms with E-state index in [9.17, 15) is 4.79 Å². The van der Waals surface area contributed by atoms with Crippen molar-refractivity contribution in [1.82, 2.24) is 5.32 Å². The van der Waals surface area contributed by atoms with E-state index in [1.54, 1.807) is 0 Å². The molecule has 0 spiro atoms. The average molecular weight is 282 g/mol. The number of nitrogens with one attached hydrogen (secondary N) is 1. The molecule has 1 aromatic rings. The van der Waals surface area contributed by atoms with Crippen molar-refractivity contribution < 1.29 is 4.79 Å². The maximum Gasteiger partial charge on any atom is 0.228 e. The highest BCUT2D eigenvalue weighted by atomic mass is 35.5. The van der Waals surface area contributed by atoms with Crippen molar-refractivity contribution in [1.29, 1.82) is 0 Å². The highest BCUT2D eigenvalue weighted by Gasteiger charge is 2.26. The topological polar surface area (TPSA) is 29.1 Å². The number of rotatable bonds is 7. The van der Waals surface area contributed by atoms with Gasteiger partial charge in [-0.15, -0.1) is 11.6 Å². The fourth-order valence-electron chi connectivity index (χ4n) is 2.20. The van der Waals surface area contributed by atoms with E-state index in [0.29, 0.717) is 11.8 Å². The smallest absolute Gasteiger partial charge is 0.228 e. The van der Waals surface area contributed by atoms with Crippen molar-refractivity contribution in [2.24, 2.45) is 5.92 Å². The predicted molar refractivity (Wildman–Crippen MR) is 81.6 cm³/mol. The predicted octanol–water partition coefficient (Wildman–Crippen LogP) is 3.95. The zero-order valence-corrected chi connectivity index (χ0v) is 12.8. The van der Waals surface area contributed by atoms with Crippen LogP contribution in [0.1, 0.15) is 45.1 Å². The normalized spacial score (nSPS) is 15.6. The molecule has 2 nitrogen and oxygen atoms in total. The molecule has 0 aliphatic carbocycles. The zero-order valence-electron chi connectivity index (χ0n) is 12.0. The summed E-state index contributed by atoms with van der Waals surface area (Å²) in [6.45, 7) is 6.25. The summed E-state index contributed by atoms with van der Waals surface area (Å²) in [6, 6.07) is 10.1. The van der Waals surface area contributed by atoms with Gasteiger partial charge in [-0.05, 0) is 24.8 Å². The van der Waals surface area contributed by atoms with Crippen LogP contribution in [-0.4, -0.2) is 17.8 Å². The number of halogens is 1. The van der Waals surface area contributed by atoms with Gasteiger partial charge < -0.3 is 5.32 Å². The molecule has 0 saturated heterocycles. The molecular weight excluding hydrogens is 258 g/mol. The van der Waals surface area contributed by atoms with Gasteiger partial charge in [-0.3, -0.25) is 4.79 Å². The van der Waals surface area contributed by atoms with Gasteiger partial charge in [0.2, 0.25) is 5.91 Å². The first-order chi connectivity index (χ1) is 9.10. The molecular formula is C16H24ClNO. The van der Waals surface area contributed by atoms with E-state index in [-0.39, 0.29) is 17.9 Å². The van der Waals surface area contributed by atoms with Crippen LogP contribution in [0.2, 0.25) is 0 Å². The van der Waals surface area contributed by atoms with E-state index in [4.69, 9.17) is 11.6 Å². The lowest BCUT2D eigenvalue weighted by atomic mass is 9.84. The SMILES string of the molecule is CCC(C)C(C(=O)NC(C)CCCl)c1ccccc1. The maximum atomic E-state index is 12.5. The maximum absolute atomic E-state index is 12.5. The first kappa shape index (κ1) is 16.0. The van der Waals surface area contributed by atoms with Crippen LogP contribution in [0.25, 0.3) is 0 Å². The molecule has 0 radical (unpaired) electrons. The quantitative estimate of drug-likeness (QED) is 0.754. The Morgan fingerprint density at radius 2 is 1.89 bits per heavy atom. The van der Waals surface area contributed by atoms with Crippen LogP contribution in [0.15, 0.2) is 30.3 Å². The summed E-state index contributed by atoms with van der Waals surface area (Å²) in [6.07, 6.45) is 1.78. The number of hydrogen-bond acceptors (Lipinski definition) is 1. The minimum Gasteiger partial charge on any atom is -0.353 e. The van der Waals surface area contributed by atoms with Gasteiger partial charge in [0.15, 0.2) is 0 Å². The summed E-state index contributed by atoms with van der Waals surface area (Å²) < 4.78 is 0. The molecule has 1 rings (SSSR count). The van der Waals surface area contributed by atoms with Crippen LogP contribution >= 0.6 is 11.6 Å². The Kier molecular flexibility index (Phi) is 6.93. The van der Waals surface area contributed by atoms with Gasteiger partial charge in [-0.25, -0.2) is 0 Å². The summed E-state index contributed by atoms with van der Waals surface area (Å²) in [7, 11) is 0. The van der Waals surface area contributed by atoms with E-state index in [0.717, 1.165) is 18.4 Å². The lowest BCUT2D eigenvalue weighted by Crippen LogP contribution is -2.38. The van der Waals surface area contributed by atoms with Crippen molar-refractivity contribution >= 4 is 17.5 Å². The minimum absolute atomic E-state index is 0.0797. The largest absolute Gasteiger partial charge is 0.353 e. The number of amides is 1. The minimum atomic E-state index is -0.0797. The van der Waals surface area contributed by atoms with Gasteiger partial charge in [0, 0.05) is 11.9 Å². The van der Waals surface area contributed by atoms with Crippen molar-refractivity contribution in [3.8, 4) is 0 Å². The molecule has 3 atom stereocenters. The van der Waals surface area contributed by atoms with Crippen LogP contribution in [0.3, 0.4) is 0 Å². The molecule has 0 bridgehead atoms. The number of carbonyl (C=O) groups is 1. The second-order valence-corrected chi connectivity index (χ2v) is 5.54. The zero-order chi connectivity index (χ0) is 14.3. The summed E-state index contributed by atoms with van der Waals surface area (Å²) in [5.74, 6) is 0.925. The van der Waals surface area contributed by atoms with Crippen LogP contribution in [-0.2, 0) is 4.79 Å². The molecule has 0 fully saturated rings. The van der Waals surface area contributed by atoms with Crippen molar-refractivity contribution in [2.75, 3.05) is 5.88 Å². The van der Waals surface area contributed by atoms with E-state index >= 15 is 0 Å². The summed E-state index contributed by atoms with van der Waals surface area (Å²) in [5, 5.41) is 3.07. The van der Waals surface area contributed by atoms with Gasteiger partial charge in [-0.2, -0.15) is 0 Å². The van der Waals surface area contributed by atoms with Crippen molar-refractivity contribution in [2.45, 2.75) is 45.6 Å². The van der Waals surface area contributed by atoms with Crippen molar-refractivity contribution in [3.63, 3.8) is 0 Å². The van der Waals surface area contributed by atoms with Gasteiger partial charge in [0.1, 0.15) is 0 Å². The van der Waals surface area contributed by atoms with Gasteiger partial charge in [0.25, 0.3) is 0 Å². The fourth-order valence-corrected chi connectivity index (χ4v) is 2.53. The Hall–Kier alpha value is -1.02. The fraction of sp³-hybridized carbons (Fsp3) is 0.562. The molecule has 3 unspecified atom stereocenters. The highest BCUT2D eigenvalue weighted by molar-refractivity contribution is 6.17.